The molecule has 1 aliphatic rings. The second kappa shape index (κ2) is 17.0. The number of likely N-dealkylation sites (tertiary alicyclic amines) is 1. The fourth-order valence-electron chi connectivity index (χ4n) is 6.81. The third-order valence-electron chi connectivity index (χ3n) is 9.73. The topological polar surface area (TPSA) is 220 Å². The van der Waals surface area contributed by atoms with Gasteiger partial charge in [0.15, 0.2) is 0 Å². The Morgan fingerprint density at radius 2 is 1.39 bits per heavy atom. The van der Waals surface area contributed by atoms with E-state index in [2.05, 4.69) is 46.1 Å². The van der Waals surface area contributed by atoms with Gasteiger partial charge in [0.25, 0.3) is 5.91 Å². The number of alkyl carbamates (subject to hydrolysis) is 1. The van der Waals surface area contributed by atoms with Crippen molar-refractivity contribution in [3.8, 4) is 33.9 Å². The average molecular weight is 769 g/mol. The molecule has 4 atom stereocenters. The van der Waals surface area contributed by atoms with Gasteiger partial charge in [0.2, 0.25) is 5.91 Å². The molecule has 0 saturated carbocycles. The molecule has 0 unspecified atom stereocenters. The lowest BCUT2D eigenvalue weighted by molar-refractivity contribution is -0.134. The van der Waals surface area contributed by atoms with Crippen LogP contribution in [0.15, 0.2) is 109 Å². The Kier molecular flexibility index (Phi) is 11.3. The monoisotopic (exact) mass is 768 g/mol. The second-order valence-corrected chi connectivity index (χ2v) is 13.4. The summed E-state index contributed by atoms with van der Waals surface area (Å²) >= 11 is 0. The molecule has 0 radical (unpaired) electrons. The summed E-state index contributed by atoms with van der Waals surface area (Å²) in [5.41, 5.74) is 5.50. The summed E-state index contributed by atoms with van der Waals surface area (Å²) in [6.45, 7) is 2.27. The number of hydrogen-bond donors (Lipinski definition) is 6. The molecule has 4 heterocycles. The fourth-order valence-corrected chi connectivity index (χ4v) is 6.81. The first-order valence-corrected chi connectivity index (χ1v) is 18.3. The van der Waals surface area contributed by atoms with Crippen LogP contribution in [0.3, 0.4) is 0 Å². The summed E-state index contributed by atoms with van der Waals surface area (Å²) in [5.74, 6) is 0.368. The summed E-state index contributed by atoms with van der Waals surface area (Å²) in [6.07, 6.45) is 2.77. The van der Waals surface area contributed by atoms with E-state index in [1.807, 2.05) is 48.5 Å². The Bertz CT molecular complexity index is 2330. The van der Waals surface area contributed by atoms with Gasteiger partial charge in [-0.2, -0.15) is 0 Å². The number of carboxylic acid groups (broad SMARTS) is 1. The summed E-state index contributed by atoms with van der Waals surface area (Å²) in [5, 5.41) is 26.2. The molecular formula is C41H40N10O6. The number of nitrogens with zero attached hydrogens (tertiary/aromatic N) is 5. The number of H-pyrrole nitrogens is 2. The van der Waals surface area contributed by atoms with Crippen LogP contribution in [0.2, 0.25) is 0 Å². The van der Waals surface area contributed by atoms with Crippen LogP contribution in [0.4, 0.5) is 9.59 Å². The van der Waals surface area contributed by atoms with Crippen molar-refractivity contribution >= 4 is 24.0 Å². The molecule has 1 fully saturated rings. The second-order valence-electron chi connectivity index (χ2n) is 13.4. The van der Waals surface area contributed by atoms with Crippen LogP contribution in [0.5, 0.6) is 0 Å². The van der Waals surface area contributed by atoms with Gasteiger partial charge in [-0.05, 0) is 48.6 Å². The van der Waals surface area contributed by atoms with E-state index in [9.17, 15) is 24.3 Å². The minimum Gasteiger partial charge on any atom is -0.465 e. The molecule has 16 heteroatoms. The highest BCUT2D eigenvalue weighted by Crippen LogP contribution is 2.34. The molecule has 290 valence electrons. The van der Waals surface area contributed by atoms with E-state index < -0.39 is 36.2 Å². The lowest BCUT2D eigenvalue weighted by Crippen LogP contribution is -2.42. The highest BCUT2D eigenvalue weighted by atomic mass is 16.5. The van der Waals surface area contributed by atoms with Crippen LogP contribution in [0.1, 0.15) is 66.7 Å². The summed E-state index contributed by atoms with van der Waals surface area (Å²) in [4.78, 5) is 67.8. The molecule has 6 N–H and O–H groups in total. The molecule has 0 spiro atoms. The van der Waals surface area contributed by atoms with E-state index in [-0.39, 0.29) is 11.9 Å². The van der Waals surface area contributed by atoms with Crippen molar-refractivity contribution in [3.05, 3.63) is 132 Å². The Hall–Kier alpha value is -7.36. The van der Waals surface area contributed by atoms with Crippen LogP contribution in [0, 0.1) is 0 Å². The number of hydrogen-bond acceptors (Lipinski definition) is 9. The molecule has 7 rings (SSSR count). The molecule has 16 nitrogen and oxygen atoms in total. The Morgan fingerprint density at radius 1 is 0.754 bits per heavy atom. The predicted molar refractivity (Wildman–Crippen MR) is 208 cm³/mol. The van der Waals surface area contributed by atoms with E-state index in [0.29, 0.717) is 52.8 Å². The first-order valence-electron chi connectivity index (χ1n) is 18.3. The quantitative estimate of drug-likeness (QED) is 0.0869. The van der Waals surface area contributed by atoms with Gasteiger partial charge in [-0.1, -0.05) is 84.9 Å². The van der Waals surface area contributed by atoms with Gasteiger partial charge in [0, 0.05) is 12.1 Å². The van der Waals surface area contributed by atoms with Gasteiger partial charge in [0.1, 0.15) is 29.4 Å². The lowest BCUT2D eigenvalue weighted by Gasteiger charge is -2.28. The highest BCUT2D eigenvalue weighted by molar-refractivity contribution is 5.88. The molecule has 0 aliphatic carbocycles. The zero-order valence-corrected chi connectivity index (χ0v) is 31.0. The number of rotatable bonds is 12. The van der Waals surface area contributed by atoms with Crippen molar-refractivity contribution in [3.63, 3.8) is 0 Å². The summed E-state index contributed by atoms with van der Waals surface area (Å²) in [7, 11) is 1.24. The molecule has 4 amide bonds. The van der Waals surface area contributed by atoms with Crippen LogP contribution >= 0.6 is 0 Å². The van der Waals surface area contributed by atoms with Gasteiger partial charge in [-0.3, -0.25) is 9.59 Å². The largest absolute Gasteiger partial charge is 0.465 e. The van der Waals surface area contributed by atoms with Gasteiger partial charge >= 0.3 is 12.2 Å². The standard InChI is InChI=1S/C41H40N10O6/c1-24(44-38(52)34(48-41(56)57-2)27-10-5-3-6-11-27)36-42-22-31(45-36)26-17-15-25(16-18-26)29-19-20-30(50-49-29)32-23-43-37(46-32)33-14-9-21-51(33)39(53)35(47-40(54)55)28-12-7-4-8-13-28/h3-8,10-13,15-20,22-24,33-35,47H,9,14,21H2,1-2H3,(H,42,45)(H,43,46)(H,44,52)(H,48,56)(H,54,55)/t24-,33-,34+,35+/m0/s1. The smallest absolute Gasteiger partial charge is 0.407 e. The Labute approximate surface area is 327 Å². The normalized spacial score (nSPS) is 15.3. The zero-order valence-electron chi connectivity index (χ0n) is 31.0. The number of methoxy groups -OCH3 is 1. The van der Waals surface area contributed by atoms with Crippen molar-refractivity contribution in [2.24, 2.45) is 0 Å². The SMILES string of the molecule is COC(=O)N[C@@H](C(=O)N[C@@H](C)c1ncc(-c2ccc(-c3ccc(-c4cnc([C@@H]5CCCN5C(=O)[C@H](NC(=O)O)c5ccccc5)[nH]4)nn3)cc2)[nH]1)c1ccccc1. The average Bonchev–Trinajstić information content (AvgIpc) is 4.04. The van der Waals surface area contributed by atoms with Crippen molar-refractivity contribution in [2.75, 3.05) is 13.7 Å². The van der Waals surface area contributed by atoms with E-state index in [4.69, 9.17) is 4.74 Å². The number of aromatic amines is 2. The number of amides is 4. The molecule has 1 saturated heterocycles. The number of ether oxygens (including phenoxy) is 1. The number of benzene rings is 3. The number of carbonyl (C=O) groups is 4. The maximum Gasteiger partial charge on any atom is 0.407 e. The number of aromatic nitrogens is 6. The van der Waals surface area contributed by atoms with E-state index in [0.717, 1.165) is 23.2 Å². The first-order chi connectivity index (χ1) is 27.7. The number of imidazole rings is 2. The number of carbonyl (C=O) groups excluding carboxylic acids is 3. The fraction of sp³-hybridized carbons (Fsp3) is 0.220. The third-order valence-corrected chi connectivity index (χ3v) is 9.73. The highest BCUT2D eigenvalue weighted by Gasteiger charge is 2.37. The van der Waals surface area contributed by atoms with E-state index >= 15 is 0 Å². The molecule has 0 bridgehead atoms. The van der Waals surface area contributed by atoms with Crippen LogP contribution in [-0.4, -0.2) is 77.8 Å². The maximum atomic E-state index is 13.7. The van der Waals surface area contributed by atoms with Crippen molar-refractivity contribution in [1.29, 1.82) is 0 Å². The molecule has 3 aromatic carbocycles. The zero-order chi connectivity index (χ0) is 39.9. The lowest BCUT2D eigenvalue weighted by atomic mass is 10.1. The molecule has 3 aromatic heterocycles. The van der Waals surface area contributed by atoms with Gasteiger partial charge in [-0.25, -0.2) is 19.6 Å². The van der Waals surface area contributed by atoms with Crippen LogP contribution < -0.4 is 16.0 Å². The van der Waals surface area contributed by atoms with Crippen LogP contribution in [-0.2, 0) is 14.3 Å². The van der Waals surface area contributed by atoms with Crippen molar-refractivity contribution in [1.82, 2.24) is 51.0 Å². The molecule has 1 aliphatic heterocycles. The molecule has 57 heavy (non-hydrogen) atoms. The van der Waals surface area contributed by atoms with Crippen molar-refractivity contribution < 1.29 is 29.0 Å². The summed E-state index contributed by atoms with van der Waals surface area (Å²) < 4.78 is 4.72. The van der Waals surface area contributed by atoms with Crippen LogP contribution in [0.25, 0.3) is 33.9 Å². The minimum absolute atomic E-state index is 0.339. The minimum atomic E-state index is -1.28. The maximum absolute atomic E-state index is 13.7. The predicted octanol–water partition coefficient (Wildman–Crippen LogP) is 5.87. The molecular weight excluding hydrogens is 729 g/mol. The van der Waals surface area contributed by atoms with Gasteiger partial charge < -0.3 is 40.7 Å². The first kappa shape index (κ1) is 37.9. The molecule has 6 aromatic rings. The summed E-state index contributed by atoms with van der Waals surface area (Å²) in [6, 6.07) is 26.3. The Morgan fingerprint density at radius 3 is 2.04 bits per heavy atom. The van der Waals surface area contributed by atoms with E-state index in [1.54, 1.807) is 72.7 Å². The van der Waals surface area contributed by atoms with Gasteiger partial charge in [-0.15, -0.1) is 10.2 Å². The number of nitrogens with one attached hydrogen (secondary N) is 5. The van der Waals surface area contributed by atoms with E-state index in [1.165, 1.54) is 7.11 Å². The van der Waals surface area contributed by atoms with Crippen molar-refractivity contribution in [2.45, 2.75) is 43.9 Å². The Balaban J connectivity index is 0.990. The van der Waals surface area contributed by atoms with Gasteiger partial charge in [0.05, 0.1) is 48.7 Å². The third kappa shape index (κ3) is 8.64.